The molecule has 0 aliphatic rings. The van der Waals surface area contributed by atoms with Crippen molar-refractivity contribution in [1.29, 1.82) is 0 Å². The Morgan fingerprint density at radius 2 is 1.54 bits per heavy atom. The molecule has 0 unspecified atom stereocenters. The maximum atomic E-state index is 11.8. The molecule has 13 heavy (non-hydrogen) atoms. The van der Waals surface area contributed by atoms with E-state index in [-0.39, 0.29) is 0 Å². The lowest BCUT2D eigenvalue weighted by Gasteiger charge is -2.12. The van der Waals surface area contributed by atoms with Crippen molar-refractivity contribution in [1.82, 2.24) is 0 Å². The van der Waals surface area contributed by atoms with Crippen LogP contribution in [0.25, 0.3) is 0 Å². The molecule has 0 aromatic heterocycles. The summed E-state index contributed by atoms with van der Waals surface area (Å²) in [5, 5.41) is 0. The Labute approximate surface area is 70.5 Å². The van der Waals surface area contributed by atoms with Crippen molar-refractivity contribution in [3.05, 3.63) is 24.3 Å². The smallest absolute Gasteiger partial charge is 0.171 e. The van der Waals surface area contributed by atoms with E-state index in [9.17, 15) is 26.3 Å². The van der Waals surface area contributed by atoms with Gasteiger partial charge in [0.2, 0.25) is 0 Å². The van der Waals surface area contributed by atoms with Crippen molar-refractivity contribution in [2.75, 3.05) is 0 Å². The lowest BCUT2D eigenvalue weighted by Crippen LogP contribution is -2.19. The standard InChI is InChI=1S/C7H6F6/c1-2-3-5(7(11,12)13)4-6(8,9)10/h2-3H,1,4H2. The monoisotopic (exact) mass is 204 g/mol. The molecule has 0 aliphatic carbocycles. The molecular weight excluding hydrogens is 198 g/mol. The summed E-state index contributed by atoms with van der Waals surface area (Å²) in [6, 6.07) is 0. The molecule has 0 rings (SSSR count). The Bertz CT molecular complexity index is 206. The maximum Gasteiger partial charge on any atom is 0.413 e. The molecule has 0 aliphatic heterocycles. The zero-order valence-corrected chi connectivity index (χ0v) is 6.34. The summed E-state index contributed by atoms with van der Waals surface area (Å²) in [6.45, 7) is 2.90. The summed E-state index contributed by atoms with van der Waals surface area (Å²) in [6.07, 6.45) is -10.8. The Hall–Kier alpha value is -0.940. The fourth-order valence-corrected chi connectivity index (χ4v) is 0.612. The van der Waals surface area contributed by atoms with E-state index in [1.54, 1.807) is 0 Å². The summed E-state index contributed by atoms with van der Waals surface area (Å²) >= 11 is 0. The highest BCUT2D eigenvalue weighted by atomic mass is 19.4. The van der Waals surface area contributed by atoms with Gasteiger partial charge in [0.25, 0.3) is 0 Å². The number of hydrogen-bond acceptors (Lipinski definition) is 0. The third kappa shape index (κ3) is 5.32. The van der Waals surface area contributed by atoms with Gasteiger partial charge >= 0.3 is 12.4 Å². The zero-order chi connectivity index (χ0) is 10.7. The zero-order valence-electron chi connectivity index (χ0n) is 6.34. The molecule has 0 spiro atoms. The number of alkyl halides is 6. The van der Waals surface area contributed by atoms with Crippen molar-refractivity contribution in [2.45, 2.75) is 18.8 Å². The van der Waals surface area contributed by atoms with Crippen LogP contribution in [0.2, 0.25) is 0 Å². The summed E-state index contributed by atoms with van der Waals surface area (Å²) in [4.78, 5) is 0. The predicted octanol–water partition coefficient (Wildman–Crippen LogP) is 3.61. The average Bonchev–Trinajstić information content (AvgIpc) is 1.81. The van der Waals surface area contributed by atoms with Crippen molar-refractivity contribution < 1.29 is 26.3 Å². The average molecular weight is 204 g/mol. The lowest BCUT2D eigenvalue weighted by atomic mass is 10.1. The summed E-state index contributed by atoms with van der Waals surface area (Å²) < 4.78 is 70.2. The third-order valence-corrected chi connectivity index (χ3v) is 1.07. The number of hydrogen-bond donors (Lipinski definition) is 0. The highest BCUT2D eigenvalue weighted by molar-refractivity contribution is 5.16. The van der Waals surface area contributed by atoms with E-state index in [4.69, 9.17) is 0 Å². The molecule has 0 amide bonds. The van der Waals surface area contributed by atoms with Gasteiger partial charge in [0.1, 0.15) is 0 Å². The van der Waals surface area contributed by atoms with E-state index in [2.05, 4.69) is 6.58 Å². The van der Waals surface area contributed by atoms with E-state index in [1.165, 1.54) is 0 Å². The van der Waals surface area contributed by atoms with Crippen LogP contribution in [0, 0.1) is 0 Å². The van der Waals surface area contributed by atoms with E-state index in [0.717, 1.165) is 0 Å². The van der Waals surface area contributed by atoms with Crippen LogP contribution in [0.3, 0.4) is 0 Å². The molecule has 76 valence electrons. The number of rotatable bonds is 2. The molecule has 0 fully saturated rings. The van der Waals surface area contributed by atoms with Crippen LogP contribution in [0.4, 0.5) is 26.3 Å². The molecule has 0 radical (unpaired) electrons. The van der Waals surface area contributed by atoms with Crippen molar-refractivity contribution >= 4 is 0 Å². The molecule has 0 heterocycles. The first-order valence-electron chi connectivity index (χ1n) is 3.12. The van der Waals surface area contributed by atoms with Crippen LogP contribution < -0.4 is 0 Å². The van der Waals surface area contributed by atoms with Gasteiger partial charge in [-0.3, -0.25) is 0 Å². The van der Waals surface area contributed by atoms with Gasteiger partial charge in [-0.15, -0.1) is 0 Å². The minimum atomic E-state index is -4.95. The second-order valence-corrected chi connectivity index (χ2v) is 2.22. The van der Waals surface area contributed by atoms with Gasteiger partial charge in [0, 0.05) is 5.57 Å². The molecule has 0 nitrogen and oxygen atoms in total. The van der Waals surface area contributed by atoms with E-state index in [0.29, 0.717) is 12.2 Å². The Kier molecular flexibility index (Phi) is 3.57. The van der Waals surface area contributed by atoms with Crippen LogP contribution >= 0.6 is 0 Å². The predicted molar refractivity (Wildman–Crippen MR) is 35.0 cm³/mol. The second kappa shape index (κ2) is 3.85. The van der Waals surface area contributed by atoms with Gasteiger partial charge in [-0.25, -0.2) is 0 Å². The summed E-state index contributed by atoms with van der Waals surface area (Å²) in [5.41, 5.74) is -1.64. The maximum absolute atomic E-state index is 11.8. The summed E-state index contributed by atoms with van der Waals surface area (Å²) in [7, 11) is 0. The van der Waals surface area contributed by atoms with Crippen LogP contribution in [0.1, 0.15) is 6.42 Å². The minimum Gasteiger partial charge on any atom is -0.171 e. The first kappa shape index (κ1) is 12.1. The van der Waals surface area contributed by atoms with Crippen molar-refractivity contribution in [3.8, 4) is 0 Å². The van der Waals surface area contributed by atoms with Crippen molar-refractivity contribution in [2.24, 2.45) is 0 Å². The second-order valence-electron chi connectivity index (χ2n) is 2.22. The van der Waals surface area contributed by atoms with Gasteiger partial charge in [0.15, 0.2) is 0 Å². The van der Waals surface area contributed by atoms with Gasteiger partial charge in [-0.1, -0.05) is 18.7 Å². The Morgan fingerprint density at radius 1 is 1.08 bits per heavy atom. The lowest BCUT2D eigenvalue weighted by molar-refractivity contribution is -0.151. The van der Waals surface area contributed by atoms with Gasteiger partial charge in [0.05, 0.1) is 6.42 Å². The molecule has 6 heteroatoms. The molecular formula is C7H6F6. The van der Waals surface area contributed by atoms with Gasteiger partial charge in [-0.05, 0) is 0 Å². The summed E-state index contributed by atoms with van der Waals surface area (Å²) in [5.74, 6) is 0. The van der Waals surface area contributed by atoms with Gasteiger partial charge < -0.3 is 0 Å². The Balaban J connectivity index is 4.67. The quantitative estimate of drug-likeness (QED) is 0.476. The SMILES string of the molecule is C=CC=C(CC(F)(F)F)C(F)(F)F. The largest absolute Gasteiger partial charge is 0.413 e. The highest BCUT2D eigenvalue weighted by Gasteiger charge is 2.40. The molecule has 0 aromatic rings. The van der Waals surface area contributed by atoms with Gasteiger partial charge in [-0.2, -0.15) is 26.3 Å². The van der Waals surface area contributed by atoms with Crippen LogP contribution in [0.5, 0.6) is 0 Å². The van der Waals surface area contributed by atoms with Crippen LogP contribution in [0.15, 0.2) is 24.3 Å². The highest BCUT2D eigenvalue weighted by Crippen LogP contribution is 2.34. The Morgan fingerprint density at radius 3 is 1.77 bits per heavy atom. The van der Waals surface area contributed by atoms with Crippen LogP contribution in [-0.2, 0) is 0 Å². The fraction of sp³-hybridized carbons (Fsp3) is 0.429. The normalized spacial score (nSPS) is 14.5. The van der Waals surface area contributed by atoms with Crippen molar-refractivity contribution in [3.63, 3.8) is 0 Å². The molecule has 0 saturated heterocycles. The fourth-order valence-electron chi connectivity index (χ4n) is 0.612. The molecule has 0 bridgehead atoms. The topological polar surface area (TPSA) is 0 Å². The minimum absolute atomic E-state index is 0.313. The third-order valence-electron chi connectivity index (χ3n) is 1.07. The number of halogens is 6. The molecule has 0 saturated carbocycles. The first-order chi connectivity index (χ1) is 5.67. The molecule has 0 N–H and O–H groups in total. The first-order valence-corrected chi connectivity index (χ1v) is 3.12. The molecule has 0 aromatic carbocycles. The molecule has 0 atom stereocenters. The van der Waals surface area contributed by atoms with Crippen LogP contribution in [-0.4, -0.2) is 12.4 Å². The number of allylic oxidation sites excluding steroid dienone is 3. The van der Waals surface area contributed by atoms with E-state index >= 15 is 0 Å². The van der Waals surface area contributed by atoms with E-state index < -0.39 is 24.3 Å². The van der Waals surface area contributed by atoms with E-state index in [1.807, 2.05) is 0 Å².